The van der Waals surface area contributed by atoms with Gasteiger partial charge in [-0.25, -0.2) is 9.59 Å². The van der Waals surface area contributed by atoms with Crippen molar-refractivity contribution in [2.45, 2.75) is 116 Å². The van der Waals surface area contributed by atoms with Crippen LogP contribution in [-0.2, 0) is 19.1 Å². The number of likely N-dealkylation sites (N-methyl/N-ethyl adjacent to an activating group) is 1. The molecule has 4 atom stereocenters. The van der Waals surface area contributed by atoms with Crippen molar-refractivity contribution in [1.82, 2.24) is 14.9 Å². The molecule has 4 rings (SSSR count). The molecular weight excluding hydrogens is 642 g/mol. The number of nitrogen functional groups attached to an aromatic ring is 2. The number of nitrogens with one attached hydrogen (secondary N) is 2. The fourth-order valence-electron chi connectivity index (χ4n) is 6.35. The van der Waals surface area contributed by atoms with Gasteiger partial charge in [0.25, 0.3) is 0 Å². The maximum Gasteiger partial charge on any atom is 0.410 e. The predicted octanol–water partition coefficient (Wildman–Crippen LogP) is 6.04. The van der Waals surface area contributed by atoms with Gasteiger partial charge in [0.2, 0.25) is 11.8 Å². The topological polar surface area (TPSA) is 193 Å². The zero-order valence-electron chi connectivity index (χ0n) is 30.4. The van der Waals surface area contributed by atoms with Gasteiger partial charge >= 0.3 is 12.2 Å². The van der Waals surface area contributed by atoms with Crippen LogP contribution in [0, 0.1) is 0 Å². The summed E-state index contributed by atoms with van der Waals surface area (Å²) >= 11 is 0. The summed E-state index contributed by atoms with van der Waals surface area (Å²) in [5, 5.41) is 18.2. The fourth-order valence-corrected chi connectivity index (χ4v) is 6.35. The monoisotopic (exact) mass is 695 g/mol. The van der Waals surface area contributed by atoms with Gasteiger partial charge in [-0.15, -0.1) is 0 Å². The molecule has 0 spiro atoms. The second-order valence-corrected chi connectivity index (χ2v) is 15.0. The number of hydrogen-bond acceptors (Lipinski definition) is 10. The van der Waals surface area contributed by atoms with Crippen LogP contribution < -0.4 is 22.1 Å². The minimum absolute atomic E-state index is 0.319. The summed E-state index contributed by atoms with van der Waals surface area (Å²) < 4.78 is 10.9. The molecule has 4 unspecified atom stereocenters. The molecule has 14 nitrogen and oxygen atoms in total. The van der Waals surface area contributed by atoms with Gasteiger partial charge in [-0.2, -0.15) is 5.06 Å². The highest BCUT2D eigenvalue weighted by Crippen LogP contribution is 2.44. The Morgan fingerprint density at radius 1 is 0.880 bits per heavy atom. The maximum atomic E-state index is 13.2. The van der Waals surface area contributed by atoms with E-state index in [4.69, 9.17) is 20.9 Å². The first-order chi connectivity index (χ1) is 23.3. The lowest BCUT2D eigenvalue weighted by atomic mass is 10.0. The number of carbonyl (C=O) groups is 4. The number of carbonyl (C=O) groups excluding carboxylic acids is 4. The molecule has 2 aromatic rings. The number of amides is 4. The SMILES string of the molecule is CCC(C(=O)Nc1ccc(C2CCC(c3ccc(NC(=O)C4CCCN4C(=O)OC(C)(C)C)c(N)c3)N2O)cc1N)N(C)C(=O)OC(C)(C)C. The first-order valence-electron chi connectivity index (χ1n) is 17.1. The van der Waals surface area contributed by atoms with E-state index in [2.05, 4.69) is 10.6 Å². The molecule has 2 aliphatic heterocycles. The zero-order chi connectivity index (χ0) is 37.1. The van der Waals surface area contributed by atoms with Crippen LogP contribution in [0.4, 0.5) is 32.3 Å². The predicted molar refractivity (Wildman–Crippen MR) is 191 cm³/mol. The van der Waals surface area contributed by atoms with Crippen molar-refractivity contribution in [1.29, 1.82) is 0 Å². The van der Waals surface area contributed by atoms with E-state index >= 15 is 0 Å². The Hall–Kier alpha value is -4.56. The summed E-state index contributed by atoms with van der Waals surface area (Å²) in [5.41, 5.74) is 14.4. The summed E-state index contributed by atoms with van der Waals surface area (Å²) in [5.74, 6) is -0.735. The molecule has 0 bridgehead atoms. The van der Waals surface area contributed by atoms with Crippen molar-refractivity contribution in [3.8, 4) is 0 Å². The minimum Gasteiger partial charge on any atom is -0.444 e. The molecule has 50 heavy (non-hydrogen) atoms. The third-order valence-corrected chi connectivity index (χ3v) is 8.81. The molecule has 2 saturated heterocycles. The van der Waals surface area contributed by atoms with Gasteiger partial charge in [-0.3, -0.25) is 19.4 Å². The van der Waals surface area contributed by atoms with Crippen molar-refractivity contribution >= 4 is 46.8 Å². The number of hydrogen-bond donors (Lipinski definition) is 5. The molecule has 0 aromatic heterocycles. The van der Waals surface area contributed by atoms with E-state index in [-0.39, 0.29) is 18.0 Å². The standard InChI is InChI=1S/C36H53N7O7/c1-9-27(41(8)33(46)49-35(2,3)4)31(44)39-25-14-12-21(19-23(25)37)28-16-17-29(43(28)48)22-13-15-26(24(38)20-22)40-32(45)30-11-10-18-42(30)34(47)50-36(5,6)7/h12-15,19-20,27-30,48H,9-11,16-18,37-38H2,1-8H3,(H,39,44)(H,40,45). The van der Waals surface area contributed by atoms with Crippen LogP contribution in [0.15, 0.2) is 36.4 Å². The van der Waals surface area contributed by atoms with Crippen molar-refractivity contribution in [2.24, 2.45) is 0 Å². The number of benzene rings is 2. The average Bonchev–Trinajstić information content (AvgIpc) is 3.65. The van der Waals surface area contributed by atoms with Crippen molar-refractivity contribution in [3.63, 3.8) is 0 Å². The van der Waals surface area contributed by atoms with Crippen LogP contribution in [-0.4, -0.2) is 80.9 Å². The normalized spacial score (nSPS) is 20.3. The third-order valence-electron chi connectivity index (χ3n) is 8.81. The Bertz CT molecular complexity index is 1510. The van der Waals surface area contributed by atoms with Crippen LogP contribution >= 0.6 is 0 Å². The molecule has 2 aromatic carbocycles. The molecule has 4 amide bonds. The first kappa shape index (κ1) is 38.2. The largest absolute Gasteiger partial charge is 0.444 e. The summed E-state index contributed by atoms with van der Waals surface area (Å²) in [6.45, 7) is 12.9. The number of ether oxygens (including phenoxy) is 2. The number of rotatable bonds is 8. The highest BCUT2D eigenvalue weighted by atomic mass is 16.6. The van der Waals surface area contributed by atoms with E-state index in [0.717, 1.165) is 11.1 Å². The molecular formula is C36H53N7O7. The van der Waals surface area contributed by atoms with Gasteiger partial charge in [0.1, 0.15) is 23.3 Å². The molecule has 274 valence electrons. The molecule has 14 heteroatoms. The van der Waals surface area contributed by atoms with Crippen LogP contribution in [0.3, 0.4) is 0 Å². The first-order valence-corrected chi connectivity index (χ1v) is 17.1. The lowest BCUT2D eigenvalue weighted by molar-refractivity contribution is -0.137. The van der Waals surface area contributed by atoms with Gasteiger partial charge < -0.3 is 36.8 Å². The van der Waals surface area contributed by atoms with E-state index < -0.39 is 41.4 Å². The van der Waals surface area contributed by atoms with Gasteiger partial charge in [0.05, 0.1) is 34.8 Å². The van der Waals surface area contributed by atoms with E-state index in [1.54, 1.807) is 78.8 Å². The Morgan fingerprint density at radius 3 is 1.88 bits per heavy atom. The third kappa shape index (κ3) is 9.16. The summed E-state index contributed by atoms with van der Waals surface area (Å²) in [6, 6.07) is 8.31. The minimum atomic E-state index is -0.769. The van der Waals surface area contributed by atoms with E-state index in [1.807, 2.05) is 6.07 Å². The molecule has 2 fully saturated rings. The molecule has 2 aliphatic rings. The number of likely N-dealkylation sites (tertiary alicyclic amines) is 1. The number of nitrogens with zero attached hydrogens (tertiary/aromatic N) is 3. The van der Waals surface area contributed by atoms with Crippen molar-refractivity contribution in [3.05, 3.63) is 47.5 Å². The Labute approximate surface area is 294 Å². The highest BCUT2D eigenvalue weighted by molar-refractivity contribution is 5.99. The molecule has 0 aliphatic carbocycles. The molecule has 0 radical (unpaired) electrons. The number of anilines is 4. The molecule has 7 N–H and O–H groups in total. The lowest BCUT2D eigenvalue weighted by Crippen LogP contribution is -2.46. The van der Waals surface area contributed by atoms with Crippen molar-refractivity contribution in [2.75, 3.05) is 35.7 Å². The van der Waals surface area contributed by atoms with Gasteiger partial charge in [0, 0.05) is 13.6 Å². The highest BCUT2D eigenvalue weighted by Gasteiger charge is 2.38. The Morgan fingerprint density at radius 2 is 1.40 bits per heavy atom. The van der Waals surface area contributed by atoms with E-state index in [1.165, 1.54) is 21.9 Å². The van der Waals surface area contributed by atoms with Crippen molar-refractivity contribution < 1.29 is 33.9 Å². The fraction of sp³-hybridized carbons (Fsp3) is 0.556. The number of hydroxylamine groups is 2. The number of nitrogens with two attached hydrogens (primary N) is 2. The molecule has 0 saturated carbocycles. The summed E-state index contributed by atoms with van der Waals surface area (Å²) in [7, 11) is 1.52. The van der Waals surface area contributed by atoms with Gasteiger partial charge in [-0.05, 0) is 109 Å². The maximum absolute atomic E-state index is 13.2. The second kappa shape index (κ2) is 15.1. The summed E-state index contributed by atoms with van der Waals surface area (Å²) in [6.07, 6.45) is 1.72. The Balaban J connectivity index is 1.39. The smallest absolute Gasteiger partial charge is 0.410 e. The lowest BCUT2D eigenvalue weighted by Gasteiger charge is -2.29. The van der Waals surface area contributed by atoms with E-state index in [9.17, 15) is 24.4 Å². The van der Waals surface area contributed by atoms with Crippen LogP contribution in [0.1, 0.15) is 104 Å². The van der Waals surface area contributed by atoms with E-state index in [0.29, 0.717) is 61.4 Å². The van der Waals surface area contributed by atoms with Crippen LogP contribution in [0.25, 0.3) is 0 Å². The van der Waals surface area contributed by atoms with Crippen LogP contribution in [0.2, 0.25) is 0 Å². The van der Waals surface area contributed by atoms with Gasteiger partial charge in [-0.1, -0.05) is 19.1 Å². The quantitative estimate of drug-likeness (QED) is 0.203. The summed E-state index contributed by atoms with van der Waals surface area (Å²) in [4.78, 5) is 54.3. The van der Waals surface area contributed by atoms with Gasteiger partial charge in [0.15, 0.2) is 0 Å². The van der Waals surface area contributed by atoms with Crippen LogP contribution in [0.5, 0.6) is 0 Å². The Kier molecular flexibility index (Phi) is 11.6. The zero-order valence-corrected chi connectivity index (χ0v) is 30.4. The molecule has 2 heterocycles. The second-order valence-electron chi connectivity index (χ2n) is 15.0. The average molecular weight is 696 g/mol.